The van der Waals surface area contributed by atoms with Crippen molar-refractivity contribution in [2.75, 3.05) is 26.7 Å². The summed E-state index contributed by atoms with van der Waals surface area (Å²) in [6, 6.07) is 8.43. The van der Waals surface area contributed by atoms with Gasteiger partial charge in [0.05, 0.1) is 6.61 Å². The summed E-state index contributed by atoms with van der Waals surface area (Å²) in [5.41, 5.74) is 1.15. The summed E-state index contributed by atoms with van der Waals surface area (Å²) in [7, 11) is 1.79. The van der Waals surface area contributed by atoms with Crippen molar-refractivity contribution in [3.05, 3.63) is 29.8 Å². The number of rotatable bonds is 7. The van der Waals surface area contributed by atoms with Gasteiger partial charge in [-0.3, -0.25) is 9.79 Å². The summed E-state index contributed by atoms with van der Waals surface area (Å²) >= 11 is 0. The van der Waals surface area contributed by atoms with E-state index < -0.39 is 0 Å². The maximum atomic E-state index is 12.8. The molecule has 1 heterocycles. The van der Waals surface area contributed by atoms with Crippen LogP contribution in [0.15, 0.2) is 29.3 Å². The van der Waals surface area contributed by atoms with Gasteiger partial charge in [0.2, 0.25) is 5.91 Å². The van der Waals surface area contributed by atoms with Crippen LogP contribution in [0.2, 0.25) is 0 Å². The van der Waals surface area contributed by atoms with Crippen LogP contribution in [-0.2, 0) is 11.3 Å². The van der Waals surface area contributed by atoms with E-state index in [1.165, 1.54) is 19.3 Å². The minimum atomic E-state index is 0. The highest BCUT2D eigenvalue weighted by atomic mass is 127. The van der Waals surface area contributed by atoms with Crippen molar-refractivity contribution in [2.45, 2.75) is 65.0 Å². The number of hydrogen-bond donors (Lipinski definition) is 2. The maximum absolute atomic E-state index is 12.8. The number of benzene rings is 1. The average molecular weight is 543 g/mol. The van der Waals surface area contributed by atoms with Crippen molar-refractivity contribution in [1.29, 1.82) is 0 Å². The molecule has 31 heavy (non-hydrogen) atoms. The first-order valence-electron chi connectivity index (χ1n) is 11.5. The van der Waals surface area contributed by atoms with Crippen LogP contribution in [0.5, 0.6) is 5.75 Å². The minimum absolute atomic E-state index is 0. The van der Waals surface area contributed by atoms with Crippen molar-refractivity contribution < 1.29 is 9.53 Å². The Hall–Kier alpha value is -1.51. The van der Waals surface area contributed by atoms with Crippen LogP contribution in [0.3, 0.4) is 0 Å². The Labute approximate surface area is 204 Å². The van der Waals surface area contributed by atoms with E-state index in [0.29, 0.717) is 18.4 Å². The van der Waals surface area contributed by atoms with Gasteiger partial charge >= 0.3 is 0 Å². The van der Waals surface area contributed by atoms with E-state index >= 15 is 0 Å². The molecule has 7 heteroatoms. The number of halogens is 1. The van der Waals surface area contributed by atoms with Gasteiger partial charge in [0, 0.05) is 38.6 Å². The zero-order valence-electron chi connectivity index (χ0n) is 19.2. The molecule has 2 aliphatic rings. The van der Waals surface area contributed by atoms with E-state index in [2.05, 4.69) is 46.5 Å². The third-order valence-electron chi connectivity index (χ3n) is 5.96. The Morgan fingerprint density at radius 2 is 2.00 bits per heavy atom. The van der Waals surface area contributed by atoms with E-state index in [1.54, 1.807) is 7.05 Å². The highest BCUT2D eigenvalue weighted by Crippen LogP contribution is 2.26. The number of carbonyl (C=O) groups excluding carboxylic acids is 1. The van der Waals surface area contributed by atoms with Crippen LogP contribution < -0.4 is 15.4 Å². The summed E-state index contributed by atoms with van der Waals surface area (Å²) in [6.45, 7) is 7.31. The number of likely N-dealkylation sites (tertiary alicyclic amines) is 1. The molecule has 1 aliphatic heterocycles. The van der Waals surface area contributed by atoms with Gasteiger partial charge in [-0.05, 0) is 42.9 Å². The summed E-state index contributed by atoms with van der Waals surface area (Å²) < 4.78 is 5.82. The standard InChI is InChI=1S/C24H38N4O2.HI/c1-18(2)17-30-22-11-7-8-19(14-22)15-26-24(25-3)27-21-12-13-28(16-21)23(29)20-9-5-4-6-10-20;/h7-8,11,14,18,20-21H,4-6,9-10,12-13,15-17H2,1-3H3,(H2,25,26,27);1H. The number of amides is 1. The molecule has 1 unspecified atom stereocenters. The molecule has 6 nitrogen and oxygen atoms in total. The molecule has 0 bridgehead atoms. The van der Waals surface area contributed by atoms with Gasteiger partial charge < -0.3 is 20.3 Å². The van der Waals surface area contributed by atoms with Gasteiger partial charge in [-0.1, -0.05) is 45.2 Å². The molecule has 1 aromatic carbocycles. The molecule has 1 atom stereocenters. The van der Waals surface area contributed by atoms with Crippen LogP contribution in [0, 0.1) is 11.8 Å². The quantitative estimate of drug-likeness (QED) is 0.308. The number of nitrogens with one attached hydrogen (secondary N) is 2. The fourth-order valence-electron chi connectivity index (χ4n) is 4.27. The molecule has 0 aromatic heterocycles. The number of aliphatic imine (C=N–C) groups is 1. The first-order valence-corrected chi connectivity index (χ1v) is 11.5. The molecule has 1 saturated carbocycles. The minimum Gasteiger partial charge on any atom is -0.493 e. The van der Waals surface area contributed by atoms with E-state index in [0.717, 1.165) is 56.2 Å². The van der Waals surface area contributed by atoms with Gasteiger partial charge in [-0.25, -0.2) is 0 Å². The Bertz CT molecular complexity index is 719. The Morgan fingerprint density at radius 3 is 2.71 bits per heavy atom. The predicted molar refractivity (Wildman–Crippen MR) is 137 cm³/mol. The first kappa shape index (κ1) is 25.7. The molecule has 1 saturated heterocycles. The number of carbonyl (C=O) groups is 1. The molecule has 3 rings (SSSR count). The molecule has 1 aliphatic carbocycles. The summed E-state index contributed by atoms with van der Waals surface area (Å²) in [6.07, 6.45) is 6.78. The van der Waals surface area contributed by atoms with E-state index in [9.17, 15) is 4.79 Å². The molecule has 0 spiro atoms. The third-order valence-corrected chi connectivity index (χ3v) is 5.96. The molecule has 2 fully saturated rings. The van der Waals surface area contributed by atoms with Crippen molar-refractivity contribution in [2.24, 2.45) is 16.8 Å². The lowest BCUT2D eigenvalue weighted by molar-refractivity contribution is -0.135. The lowest BCUT2D eigenvalue weighted by atomic mass is 9.88. The number of ether oxygens (including phenoxy) is 1. The van der Waals surface area contributed by atoms with Crippen LogP contribution >= 0.6 is 24.0 Å². The SMILES string of the molecule is CN=C(NCc1cccc(OCC(C)C)c1)NC1CCN(C(=O)C2CCCCC2)C1.I. The summed E-state index contributed by atoms with van der Waals surface area (Å²) in [4.78, 5) is 19.2. The van der Waals surface area contributed by atoms with Crippen molar-refractivity contribution in [3.8, 4) is 5.75 Å². The van der Waals surface area contributed by atoms with Gasteiger partial charge in [-0.2, -0.15) is 0 Å². The van der Waals surface area contributed by atoms with Gasteiger partial charge in [0.15, 0.2) is 5.96 Å². The lowest BCUT2D eigenvalue weighted by Gasteiger charge is -2.26. The second-order valence-electron chi connectivity index (χ2n) is 9.03. The second kappa shape index (κ2) is 13.1. The van der Waals surface area contributed by atoms with E-state index in [1.807, 2.05) is 12.1 Å². The van der Waals surface area contributed by atoms with Gasteiger partial charge in [0.1, 0.15) is 5.75 Å². The average Bonchev–Trinajstić information content (AvgIpc) is 3.24. The first-order chi connectivity index (χ1) is 14.5. The van der Waals surface area contributed by atoms with Crippen LogP contribution in [0.1, 0.15) is 57.9 Å². The van der Waals surface area contributed by atoms with E-state index in [4.69, 9.17) is 4.74 Å². The topological polar surface area (TPSA) is 66.0 Å². The summed E-state index contributed by atoms with van der Waals surface area (Å²) in [5, 5.41) is 6.88. The van der Waals surface area contributed by atoms with E-state index in [-0.39, 0.29) is 35.9 Å². The lowest BCUT2D eigenvalue weighted by Crippen LogP contribution is -2.45. The maximum Gasteiger partial charge on any atom is 0.225 e. The summed E-state index contributed by atoms with van der Waals surface area (Å²) in [5.74, 6) is 2.80. The Morgan fingerprint density at radius 1 is 1.23 bits per heavy atom. The molecule has 1 amide bonds. The molecule has 1 aromatic rings. The molecular weight excluding hydrogens is 503 g/mol. The van der Waals surface area contributed by atoms with Crippen molar-refractivity contribution in [1.82, 2.24) is 15.5 Å². The van der Waals surface area contributed by atoms with Crippen molar-refractivity contribution >= 4 is 35.8 Å². The third kappa shape index (κ3) is 8.16. The largest absolute Gasteiger partial charge is 0.493 e. The Balaban J connectivity index is 0.00000341. The zero-order valence-corrected chi connectivity index (χ0v) is 21.6. The van der Waals surface area contributed by atoms with Gasteiger partial charge in [0.25, 0.3) is 0 Å². The van der Waals surface area contributed by atoms with Crippen LogP contribution in [0.25, 0.3) is 0 Å². The predicted octanol–water partition coefficient (Wildman–Crippen LogP) is 4.19. The fraction of sp³-hybridized carbons (Fsp3) is 0.667. The highest BCUT2D eigenvalue weighted by Gasteiger charge is 2.31. The van der Waals surface area contributed by atoms with Gasteiger partial charge in [-0.15, -0.1) is 24.0 Å². The fourth-order valence-corrected chi connectivity index (χ4v) is 4.27. The molecule has 0 radical (unpaired) electrons. The zero-order chi connectivity index (χ0) is 21.3. The number of nitrogens with zero attached hydrogens (tertiary/aromatic N) is 2. The number of hydrogen-bond acceptors (Lipinski definition) is 3. The smallest absolute Gasteiger partial charge is 0.225 e. The second-order valence-corrected chi connectivity index (χ2v) is 9.03. The van der Waals surface area contributed by atoms with Crippen molar-refractivity contribution in [3.63, 3.8) is 0 Å². The normalized spacial score (nSPS) is 19.8. The highest BCUT2D eigenvalue weighted by molar-refractivity contribution is 14.0. The van der Waals surface area contributed by atoms with Crippen LogP contribution in [0.4, 0.5) is 0 Å². The Kier molecular flexibility index (Phi) is 10.9. The molecule has 174 valence electrons. The van der Waals surface area contributed by atoms with Crippen LogP contribution in [-0.4, -0.2) is 49.6 Å². The molecular formula is C24H39IN4O2. The molecule has 2 N–H and O–H groups in total. The monoisotopic (exact) mass is 542 g/mol. The number of guanidine groups is 1.